The van der Waals surface area contributed by atoms with E-state index < -0.39 is 0 Å². The predicted molar refractivity (Wildman–Crippen MR) is 138 cm³/mol. The first-order valence-corrected chi connectivity index (χ1v) is 13.1. The molecule has 1 unspecified atom stereocenters. The summed E-state index contributed by atoms with van der Waals surface area (Å²) in [6.07, 6.45) is 3.36. The smallest absolute Gasteiger partial charge is 0.227 e. The Morgan fingerprint density at radius 2 is 1.83 bits per heavy atom. The van der Waals surface area contributed by atoms with Gasteiger partial charge in [0.05, 0.1) is 21.5 Å². The van der Waals surface area contributed by atoms with E-state index in [9.17, 15) is 9.18 Å². The summed E-state index contributed by atoms with van der Waals surface area (Å²) in [5.74, 6) is 0.777. The van der Waals surface area contributed by atoms with Gasteiger partial charge in [0.15, 0.2) is 0 Å². The molecule has 2 aliphatic rings. The number of hydrogen-bond acceptors (Lipinski definition) is 6. The Morgan fingerprint density at radius 3 is 2.66 bits per heavy atom. The van der Waals surface area contributed by atoms with Gasteiger partial charge in [-0.1, -0.05) is 36.4 Å². The monoisotopic (exact) mass is 489 g/mol. The van der Waals surface area contributed by atoms with Gasteiger partial charge in [-0.3, -0.25) is 9.69 Å². The number of fused-ring (bicyclic) bond motifs is 3. The van der Waals surface area contributed by atoms with Crippen LogP contribution < -0.4 is 4.90 Å². The first-order valence-electron chi connectivity index (χ1n) is 12.3. The van der Waals surface area contributed by atoms with E-state index in [1.807, 2.05) is 17.0 Å². The molecule has 4 aromatic rings. The molecule has 1 atom stereocenters. The fraction of sp³-hybridized carbons (Fsp3) is 0.370. The summed E-state index contributed by atoms with van der Waals surface area (Å²) in [6, 6.07) is 15.6. The first kappa shape index (κ1) is 22.4. The standard InChI is InChI=1S/C27H28FN5OS/c28-21-9-4-10-22-23(21)24-25(35-22)26(30-18-29-24)33-11-5-8-20(17-33)27(34)32-14-12-31(13-15-32)16-19-6-2-1-3-7-19/h1-4,6-7,9-10,18,20H,5,8,11-17H2. The number of piperidine rings is 1. The number of carbonyl (C=O) groups is 1. The summed E-state index contributed by atoms with van der Waals surface area (Å²) in [7, 11) is 0. The fourth-order valence-electron chi connectivity index (χ4n) is 5.39. The highest BCUT2D eigenvalue weighted by Crippen LogP contribution is 2.39. The number of aromatic nitrogens is 2. The van der Waals surface area contributed by atoms with E-state index in [0.717, 1.165) is 67.3 Å². The quantitative estimate of drug-likeness (QED) is 0.421. The zero-order chi connectivity index (χ0) is 23.8. The zero-order valence-corrected chi connectivity index (χ0v) is 20.4. The van der Waals surface area contributed by atoms with Crippen LogP contribution in [0.1, 0.15) is 18.4 Å². The third-order valence-corrected chi connectivity index (χ3v) is 8.35. The molecule has 0 N–H and O–H groups in total. The van der Waals surface area contributed by atoms with Crippen molar-refractivity contribution >= 4 is 43.4 Å². The van der Waals surface area contributed by atoms with E-state index in [4.69, 9.17) is 0 Å². The minimum absolute atomic E-state index is 0.0412. The van der Waals surface area contributed by atoms with E-state index in [1.54, 1.807) is 6.07 Å². The van der Waals surface area contributed by atoms with Crippen LogP contribution in [0.25, 0.3) is 20.3 Å². The van der Waals surface area contributed by atoms with Crippen LogP contribution >= 0.6 is 11.3 Å². The Morgan fingerprint density at radius 1 is 1.00 bits per heavy atom. The van der Waals surface area contributed by atoms with Gasteiger partial charge in [-0.2, -0.15) is 0 Å². The molecular formula is C27H28FN5OS. The number of amides is 1. The van der Waals surface area contributed by atoms with Crippen LogP contribution in [0.2, 0.25) is 0 Å². The lowest BCUT2D eigenvalue weighted by molar-refractivity contribution is -0.137. The first-order chi connectivity index (χ1) is 17.2. The largest absolute Gasteiger partial charge is 0.355 e. The summed E-state index contributed by atoms with van der Waals surface area (Å²) in [6.45, 7) is 5.77. The molecule has 2 aromatic heterocycles. The van der Waals surface area contributed by atoms with Crippen LogP contribution in [0.4, 0.5) is 10.2 Å². The average molecular weight is 490 g/mol. The maximum atomic E-state index is 14.5. The number of halogens is 1. The second-order valence-corrected chi connectivity index (χ2v) is 10.5. The number of piperazine rings is 1. The Kier molecular flexibility index (Phi) is 6.08. The second kappa shape index (κ2) is 9.51. The molecule has 180 valence electrons. The molecule has 0 aliphatic carbocycles. The lowest BCUT2D eigenvalue weighted by atomic mass is 9.96. The van der Waals surface area contributed by atoms with Gasteiger partial charge in [-0.05, 0) is 30.5 Å². The fourth-order valence-corrected chi connectivity index (χ4v) is 6.58. The molecule has 2 aromatic carbocycles. The van der Waals surface area contributed by atoms with E-state index in [2.05, 4.69) is 44.0 Å². The number of benzene rings is 2. The van der Waals surface area contributed by atoms with Crippen molar-refractivity contribution in [3.05, 3.63) is 66.2 Å². The summed E-state index contributed by atoms with van der Waals surface area (Å²) >= 11 is 1.53. The van der Waals surface area contributed by atoms with Gasteiger partial charge in [-0.15, -0.1) is 11.3 Å². The number of nitrogens with zero attached hydrogens (tertiary/aromatic N) is 5. The third-order valence-electron chi connectivity index (χ3n) is 7.21. The van der Waals surface area contributed by atoms with Crippen molar-refractivity contribution < 1.29 is 9.18 Å². The zero-order valence-electron chi connectivity index (χ0n) is 19.6. The van der Waals surface area contributed by atoms with Crippen LogP contribution in [-0.2, 0) is 11.3 Å². The highest BCUT2D eigenvalue weighted by atomic mass is 32.1. The Hall–Kier alpha value is -3.10. The maximum absolute atomic E-state index is 14.5. The molecule has 0 radical (unpaired) electrons. The molecule has 2 aliphatic heterocycles. The van der Waals surface area contributed by atoms with Crippen molar-refractivity contribution in [1.82, 2.24) is 19.8 Å². The molecule has 1 amide bonds. The van der Waals surface area contributed by atoms with Crippen molar-refractivity contribution in [2.24, 2.45) is 5.92 Å². The topological polar surface area (TPSA) is 52.6 Å². The minimum Gasteiger partial charge on any atom is -0.355 e. The second-order valence-electron chi connectivity index (χ2n) is 9.46. The molecule has 4 heterocycles. The molecule has 35 heavy (non-hydrogen) atoms. The van der Waals surface area contributed by atoms with Crippen molar-refractivity contribution in [2.75, 3.05) is 44.2 Å². The van der Waals surface area contributed by atoms with E-state index in [0.29, 0.717) is 17.4 Å². The van der Waals surface area contributed by atoms with Crippen molar-refractivity contribution in [1.29, 1.82) is 0 Å². The summed E-state index contributed by atoms with van der Waals surface area (Å²) < 4.78 is 16.3. The summed E-state index contributed by atoms with van der Waals surface area (Å²) in [5, 5.41) is 0.564. The maximum Gasteiger partial charge on any atom is 0.227 e. The molecule has 0 spiro atoms. The highest BCUT2D eigenvalue weighted by molar-refractivity contribution is 7.26. The molecule has 8 heteroatoms. The van der Waals surface area contributed by atoms with E-state index in [-0.39, 0.29) is 17.6 Å². The number of thiophene rings is 1. The van der Waals surface area contributed by atoms with Crippen LogP contribution in [0.15, 0.2) is 54.9 Å². The normalized spacial score (nSPS) is 19.5. The highest BCUT2D eigenvalue weighted by Gasteiger charge is 2.32. The molecule has 6 rings (SSSR count). The predicted octanol–water partition coefficient (Wildman–Crippen LogP) is 4.54. The molecule has 0 saturated carbocycles. The third kappa shape index (κ3) is 4.36. The van der Waals surface area contributed by atoms with Gasteiger partial charge in [0, 0.05) is 50.5 Å². The van der Waals surface area contributed by atoms with Crippen LogP contribution in [0, 0.1) is 11.7 Å². The van der Waals surface area contributed by atoms with Crippen LogP contribution in [0.3, 0.4) is 0 Å². The van der Waals surface area contributed by atoms with E-state index >= 15 is 0 Å². The molecular weight excluding hydrogens is 461 g/mol. The van der Waals surface area contributed by atoms with Crippen molar-refractivity contribution in [3.63, 3.8) is 0 Å². The molecule has 2 saturated heterocycles. The van der Waals surface area contributed by atoms with Crippen molar-refractivity contribution in [3.8, 4) is 0 Å². The lowest BCUT2D eigenvalue weighted by Crippen LogP contribution is -2.52. The van der Waals surface area contributed by atoms with E-state index in [1.165, 1.54) is 29.3 Å². The van der Waals surface area contributed by atoms with Gasteiger partial charge in [0.2, 0.25) is 5.91 Å². The number of hydrogen-bond donors (Lipinski definition) is 0. The Bertz CT molecular complexity index is 1350. The number of anilines is 1. The Labute approximate surface area is 208 Å². The number of rotatable bonds is 4. The Balaban J connectivity index is 1.15. The lowest BCUT2D eigenvalue weighted by Gasteiger charge is -2.39. The minimum atomic E-state index is -0.253. The van der Waals surface area contributed by atoms with Crippen LogP contribution in [-0.4, -0.2) is 64.9 Å². The van der Waals surface area contributed by atoms with Gasteiger partial charge in [0.25, 0.3) is 0 Å². The van der Waals surface area contributed by atoms with Gasteiger partial charge in [0.1, 0.15) is 18.0 Å². The van der Waals surface area contributed by atoms with Crippen LogP contribution in [0.5, 0.6) is 0 Å². The number of carbonyl (C=O) groups excluding carboxylic acids is 1. The molecule has 2 fully saturated rings. The summed E-state index contributed by atoms with van der Waals surface area (Å²) in [5.41, 5.74) is 1.98. The van der Waals surface area contributed by atoms with Gasteiger partial charge >= 0.3 is 0 Å². The van der Waals surface area contributed by atoms with Gasteiger partial charge in [-0.25, -0.2) is 14.4 Å². The summed E-state index contributed by atoms with van der Waals surface area (Å²) in [4.78, 5) is 29.1. The molecule has 0 bridgehead atoms. The van der Waals surface area contributed by atoms with Gasteiger partial charge < -0.3 is 9.80 Å². The SMILES string of the molecule is O=C(C1CCCN(c2ncnc3c2sc2cccc(F)c23)C1)N1CCN(Cc2ccccc2)CC1. The van der Waals surface area contributed by atoms with Crippen molar-refractivity contribution in [2.45, 2.75) is 19.4 Å². The average Bonchev–Trinajstić information content (AvgIpc) is 3.29. The molecule has 6 nitrogen and oxygen atoms in total.